The summed E-state index contributed by atoms with van der Waals surface area (Å²) in [6, 6.07) is -3.48. The van der Waals surface area contributed by atoms with Crippen molar-refractivity contribution in [2.75, 3.05) is 40.9 Å². The molecule has 0 saturated heterocycles. The Hall–Kier alpha value is -1.52. The maximum absolute atomic E-state index is 12.1. The van der Waals surface area contributed by atoms with Crippen LogP contribution in [0.15, 0.2) is 22.5 Å². The molecule has 0 aliphatic rings. The lowest BCUT2D eigenvalue weighted by atomic mass is 10.0. The molecule has 0 saturated carbocycles. The van der Waals surface area contributed by atoms with Crippen LogP contribution in [0.25, 0.3) is 0 Å². The van der Waals surface area contributed by atoms with Crippen molar-refractivity contribution in [3.63, 3.8) is 0 Å². The molecule has 0 aliphatic heterocycles. The summed E-state index contributed by atoms with van der Waals surface area (Å²) in [5, 5.41) is 7.41. The van der Waals surface area contributed by atoms with Crippen LogP contribution in [0, 0.1) is 9.81 Å². The molecule has 12 heteroatoms. The van der Waals surface area contributed by atoms with Gasteiger partial charge in [-0.1, -0.05) is 88.5 Å². The van der Waals surface area contributed by atoms with E-state index < -0.39 is 32.5 Å². The normalized spacial score (nSPS) is 15.4. The number of quaternary nitrogens is 1. The first kappa shape index (κ1) is 34.5. The van der Waals surface area contributed by atoms with Gasteiger partial charge in [0.1, 0.15) is 19.2 Å². The fourth-order valence-corrected chi connectivity index (χ4v) is 4.19. The van der Waals surface area contributed by atoms with E-state index in [2.05, 4.69) is 22.6 Å². The molecule has 0 aromatic carbocycles. The van der Waals surface area contributed by atoms with E-state index in [4.69, 9.17) is 9.05 Å². The number of urea groups is 1. The smallest absolute Gasteiger partial charge is 0.329 e. The maximum Gasteiger partial charge on any atom is 0.472 e. The van der Waals surface area contributed by atoms with E-state index in [-0.39, 0.29) is 6.61 Å². The van der Waals surface area contributed by atoms with Gasteiger partial charge in [-0.2, -0.15) is 4.91 Å². The Morgan fingerprint density at radius 2 is 1.53 bits per heavy atom. The third-order valence-electron chi connectivity index (χ3n) is 5.67. The van der Waals surface area contributed by atoms with Crippen LogP contribution in [-0.2, 0) is 13.6 Å². The van der Waals surface area contributed by atoms with Gasteiger partial charge in [0.05, 0.1) is 33.8 Å². The summed E-state index contributed by atoms with van der Waals surface area (Å²) in [6.45, 7) is 2.10. The number of allylic oxidation sites excluding steroid dienone is 1. The van der Waals surface area contributed by atoms with E-state index >= 15 is 0 Å². The van der Waals surface area contributed by atoms with Gasteiger partial charge in [-0.3, -0.25) is 9.05 Å². The van der Waals surface area contributed by atoms with Crippen LogP contribution in [-0.4, -0.2) is 68.4 Å². The van der Waals surface area contributed by atoms with Crippen molar-refractivity contribution in [3.8, 4) is 0 Å². The van der Waals surface area contributed by atoms with Crippen LogP contribution < -0.4 is 5.32 Å². The molecule has 210 valence electrons. The fraction of sp³-hybridized carbons (Fsp3) is 0.875. The third-order valence-corrected chi connectivity index (χ3v) is 6.65. The van der Waals surface area contributed by atoms with E-state index in [1.807, 2.05) is 21.1 Å². The van der Waals surface area contributed by atoms with Crippen LogP contribution in [0.4, 0.5) is 4.79 Å². The molecular weight excluding hydrogens is 487 g/mol. The summed E-state index contributed by atoms with van der Waals surface area (Å²) >= 11 is 0. The number of unbranched alkanes of at least 4 members (excludes halogenated alkanes) is 11. The minimum Gasteiger partial charge on any atom is -0.329 e. The third kappa shape index (κ3) is 20.7. The van der Waals surface area contributed by atoms with Crippen molar-refractivity contribution in [2.24, 2.45) is 10.4 Å². The highest BCUT2D eigenvalue weighted by Crippen LogP contribution is 2.43. The SMILES string of the molecule is CCCCCCCCCCCCC/C=C/C(N=O)C(COP(=O)(O)OCC[N+](C)(C)C)NC(=O)N=O. The Bertz CT molecular complexity index is 686. The number of likely N-dealkylation sites (N-methyl/N-ethyl adjacent to an activating group) is 1. The Kier molecular flexibility index (Phi) is 19.7. The van der Waals surface area contributed by atoms with Gasteiger partial charge in [-0.05, 0) is 12.8 Å². The first-order chi connectivity index (χ1) is 17.0. The lowest BCUT2D eigenvalue weighted by Crippen LogP contribution is -2.43. The summed E-state index contributed by atoms with van der Waals surface area (Å²) < 4.78 is 22.5. The van der Waals surface area contributed by atoms with Gasteiger partial charge in [-0.15, -0.1) is 4.91 Å². The molecule has 3 atom stereocenters. The van der Waals surface area contributed by atoms with E-state index in [1.54, 1.807) is 6.08 Å². The number of phosphoric ester groups is 1. The maximum atomic E-state index is 12.1. The lowest BCUT2D eigenvalue weighted by molar-refractivity contribution is -0.870. The van der Waals surface area contributed by atoms with Crippen LogP contribution in [0.2, 0.25) is 0 Å². The van der Waals surface area contributed by atoms with Crippen molar-refractivity contribution in [2.45, 2.75) is 96.1 Å². The van der Waals surface area contributed by atoms with Crippen molar-refractivity contribution in [3.05, 3.63) is 22.0 Å². The molecule has 0 bridgehead atoms. The van der Waals surface area contributed by atoms with Crippen LogP contribution in [0.1, 0.15) is 84.0 Å². The molecule has 0 spiro atoms. The highest BCUT2D eigenvalue weighted by atomic mass is 31.2. The minimum absolute atomic E-state index is 0.0293. The fourth-order valence-electron chi connectivity index (χ4n) is 3.46. The Balaban J connectivity index is 4.46. The molecule has 0 heterocycles. The average molecular weight is 536 g/mol. The van der Waals surface area contributed by atoms with E-state index in [1.165, 1.54) is 57.4 Å². The van der Waals surface area contributed by atoms with Crippen LogP contribution >= 0.6 is 7.82 Å². The summed E-state index contributed by atoms with van der Waals surface area (Å²) in [5.74, 6) is 0. The zero-order chi connectivity index (χ0) is 27.3. The van der Waals surface area contributed by atoms with E-state index in [0.29, 0.717) is 11.0 Å². The van der Waals surface area contributed by atoms with Crippen LogP contribution in [0.5, 0.6) is 0 Å². The number of amides is 2. The molecular formula is C24H48N4O7P+. The molecule has 0 radical (unpaired) electrons. The number of rotatable bonds is 23. The number of phosphoric acid groups is 1. The number of nitroso groups, excluding NO2 is 2. The Morgan fingerprint density at radius 1 is 0.972 bits per heavy atom. The number of nitrogens with zero attached hydrogens (tertiary/aromatic N) is 3. The number of hydrogen-bond donors (Lipinski definition) is 2. The molecule has 36 heavy (non-hydrogen) atoms. The van der Waals surface area contributed by atoms with Gasteiger partial charge < -0.3 is 14.7 Å². The predicted octanol–water partition coefficient (Wildman–Crippen LogP) is 6.06. The second-order valence-corrected chi connectivity index (χ2v) is 11.6. The molecule has 0 aromatic heterocycles. The largest absolute Gasteiger partial charge is 0.472 e. The molecule has 0 rings (SSSR count). The standard InChI is InChI=1S/C24H47N4O7P/c1-5-6-7-8-9-10-11-12-13-14-15-16-17-18-22(26-30)23(25-24(29)27-31)21-35-36(32,33)34-20-19-28(2,3)4/h17-18,22-23H,5-16,19-21H2,1-4H3,(H-,25,29,32,33)/p+1/b18-17+. The second-order valence-electron chi connectivity index (χ2n) is 10.1. The highest BCUT2D eigenvalue weighted by Gasteiger charge is 2.29. The molecule has 2 amide bonds. The summed E-state index contributed by atoms with van der Waals surface area (Å²) in [5.41, 5.74) is 0. The Morgan fingerprint density at radius 3 is 2.03 bits per heavy atom. The summed E-state index contributed by atoms with van der Waals surface area (Å²) in [7, 11) is 1.26. The van der Waals surface area contributed by atoms with Gasteiger partial charge in [0.15, 0.2) is 0 Å². The molecule has 0 aliphatic carbocycles. The monoisotopic (exact) mass is 535 g/mol. The summed E-state index contributed by atoms with van der Waals surface area (Å²) in [4.78, 5) is 43.2. The summed E-state index contributed by atoms with van der Waals surface area (Å²) in [6.07, 6.45) is 17.6. The topological polar surface area (TPSA) is 144 Å². The van der Waals surface area contributed by atoms with Crippen molar-refractivity contribution < 1.29 is 27.8 Å². The first-order valence-corrected chi connectivity index (χ1v) is 14.6. The molecule has 2 N–H and O–H groups in total. The molecule has 0 fully saturated rings. The quantitative estimate of drug-likeness (QED) is 0.0532. The van der Waals surface area contributed by atoms with Crippen molar-refractivity contribution >= 4 is 13.9 Å². The predicted molar refractivity (Wildman–Crippen MR) is 143 cm³/mol. The van der Waals surface area contributed by atoms with Crippen molar-refractivity contribution in [1.29, 1.82) is 0 Å². The second kappa shape index (κ2) is 20.5. The molecule has 11 nitrogen and oxygen atoms in total. The lowest BCUT2D eigenvalue weighted by Gasteiger charge is -2.24. The van der Waals surface area contributed by atoms with Gasteiger partial charge in [0.25, 0.3) is 0 Å². The van der Waals surface area contributed by atoms with Gasteiger partial charge >= 0.3 is 13.9 Å². The minimum atomic E-state index is -4.43. The molecule has 0 aromatic rings. The van der Waals surface area contributed by atoms with Gasteiger partial charge in [-0.25, -0.2) is 9.36 Å². The first-order valence-electron chi connectivity index (χ1n) is 13.1. The number of hydrogen-bond acceptors (Lipinski definition) is 7. The van der Waals surface area contributed by atoms with Crippen molar-refractivity contribution in [1.82, 2.24) is 5.32 Å². The van der Waals surface area contributed by atoms with E-state index in [0.717, 1.165) is 25.7 Å². The zero-order valence-electron chi connectivity index (χ0n) is 22.6. The number of carbonyl (C=O) groups is 1. The number of carbonyl (C=O) groups excluding carboxylic acids is 1. The van der Waals surface area contributed by atoms with Crippen LogP contribution in [0.3, 0.4) is 0 Å². The number of nitrogens with one attached hydrogen (secondary N) is 1. The van der Waals surface area contributed by atoms with E-state index in [9.17, 15) is 24.1 Å². The Labute approximate surface area is 216 Å². The average Bonchev–Trinajstić information content (AvgIpc) is 2.81. The van der Waals surface area contributed by atoms with Gasteiger partial charge in [0.2, 0.25) is 0 Å². The molecule has 3 unspecified atom stereocenters. The zero-order valence-corrected chi connectivity index (χ0v) is 23.5. The van der Waals surface area contributed by atoms with Gasteiger partial charge in [0, 0.05) is 5.18 Å². The highest BCUT2D eigenvalue weighted by molar-refractivity contribution is 7.47.